The van der Waals surface area contributed by atoms with Gasteiger partial charge in [0.15, 0.2) is 0 Å². The molecule has 0 aliphatic rings. The zero-order valence-electron chi connectivity index (χ0n) is 17.2. The van der Waals surface area contributed by atoms with Crippen LogP contribution in [0.5, 0.6) is 5.75 Å². The van der Waals surface area contributed by atoms with Gasteiger partial charge in [0.05, 0.1) is 0 Å². The number of carbonyl (C=O) groups is 1. The molecule has 0 radical (unpaired) electrons. The highest BCUT2D eigenvalue weighted by Gasteiger charge is 2.13. The van der Waals surface area contributed by atoms with Crippen molar-refractivity contribution in [1.29, 1.82) is 5.26 Å². The Morgan fingerprint density at radius 2 is 1.90 bits per heavy atom. The molecule has 0 heterocycles. The Hall–Kier alpha value is -3.14. The van der Waals surface area contributed by atoms with E-state index in [1.807, 2.05) is 66.7 Å². The van der Waals surface area contributed by atoms with Crippen LogP contribution in [0.25, 0.3) is 16.8 Å². The number of rotatable bonds is 9. The molecule has 0 saturated carbocycles. The molecule has 0 fully saturated rings. The largest absolute Gasteiger partial charge is 0.488 e. The van der Waals surface area contributed by atoms with E-state index in [-0.39, 0.29) is 5.57 Å². The molecular formula is C25H23BrN2O3. The highest BCUT2D eigenvalue weighted by molar-refractivity contribution is 9.10. The van der Waals surface area contributed by atoms with Gasteiger partial charge in [-0.05, 0) is 47.0 Å². The first-order chi connectivity index (χ1) is 15.1. The molecule has 1 N–H and O–H groups in total. The number of nitrogens with one attached hydrogen (secondary N) is 1. The van der Waals surface area contributed by atoms with Crippen LogP contribution in [0.3, 0.4) is 0 Å². The van der Waals surface area contributed by atoms with E-state index in [2.05, 4.69) is 21.2 Å². The van der Waals surface area contributed by atoms with Crippen molar-refractivity contribution in [3.8, 4) is 11.8 Å². The molecule has 0 saturated heterocycles. The summed E-state index contributed by atoms with van der Waals surface area (Å²) in [4.78, 5) is 12.5. The summed E-state index contributed by atoms with van der Waals surface area (Å²) in [6.45, 7) is 1.36. The van der Waals surface area contributed by atoms with Crippen LogP contribution >= 0.6 is 15.9 Å². The van der Waals surface area contributed by atoms with Crippen LogP contribution in [0.2, 0.25) is 0 Å². The first-order valence-corrected chi connectivity index (χ1v) is 10.7. The summed E-state index contributed by atoms with van der Waals surface area (Å²) < 4.78 is 12.1. The fourth-order valence-electron chi connectivity index (χ4n) is 3.10. The van der Waals surface area contributed by atoms with Crippen molar-refractivity contribution >= 4 is 38.7 Å². The Labute approximate surface area is 190 Å². The molecule has 6 heteroatoms. The Morgan fingerprint density at radius 1 is 1.13 bits per heavy atom. The molecule has 1 amide bonds. The summed E-state index contributed by atoms with van der Waals surface area (Å²) in [7, 11) is 1.61. The molecule has 0 aromatic heterocycles. The Morgan fingerprint density at radius 3 is 2.65 bits per heavy atom. The third kappa shape index (κ3) is 6.17. The molecule has 5 nitrogen and oxygen atoms in total. The van der Waals surface area contributed by atoms with E-state index in [1.54, 1.807) is 13.2 Å². The van der Waals surface area contributed by atoms with Crippen molar-refractivity contribution in [2.45, 2.75) is 13.0 Å². The van der Waals surface area contributed by atoms with Crippen molar-refractivity contribution < 1.29 is 14.3 Å². The van der Waals surface area contributed by atoms with Gasteiger partial charge in [0.25, 0.3) is 5.91 Å². The zero-order chi connectivity index (χ0) is 22.1. The summed E-state index contributed by atoms with van der Waals surface area (Å²) in [6.07, 6.45) is 2.28. The predicted octanol–water partition coefficient (Wildman–Crippen LogP) is 5.24. The molecule has 3 aromatic carbocycles. The second-order valence-electron chi connectivity index (χ2n) is 6.89. The first kappa shape index (κ1) is 22.5. The minimum atomic E-state index is -0.412. The topological polar surface area (TPSA) is 71.3 Å². The van der Waals surface area contributed by atoms with Crippen LogP contribution in [0.4, 0.5) is 0 Å². The zero-order valence-corrected chi connectivity index (χ0v) is 18.8. The number of hydrogen-bond acceptors (Lipinski definition) is 4. The van der Waals surface area contributed by atoms with Gasteiger partial charge in [-0.3, -0.25) is 4.79 Å². The van der Waals surface area contributed by atoms with Crippen LogP contribution in [0, 0.1) is 11.3 Å². The van der Waals surface area contributed by atoms with Crippen LogP contribution < -0.4 is 10.1 Å². The summed E-state index contributed by atoms with van der Waals surface area (Å²) in [5, 5.41) is 14.3. The molecule has 158 valence electrons. The van der Waals surface area contributed by atoms with Crippen molar-refractivity contribution in [1.82, 2.24) is 5.32 Å². The van der Waals surface area contributed by atoms with Crippen LogP contribution in [-0.2, 0) is 16.1 Å². The maximum atomic E-state index is 12.5. The molecule has 31 heavy (non-hydrogen) atoms. The normalized spacial score (nSPS) is 11.2. The van der Waals surface area contributed by atoms with E-state index in [1.165, 1.54) is 0 Å². The minimum Gasteiger partial charge on any atom is -0.488 e. The number of ether oxygens (including phenoxy) is 2. The lowest BCUT2D eigenvalue weighted by Gasteiger charge is -2.13. The molecule has 0 unspecified atom stereocenters. The molecule has 0 spiro atoms. The second kappa shape index (κ2) is 11.3. The number of nitrogens with zero attached hydrogens (tertiary/aromatic N) is 1. The number of amides is 1. The van der Waals surface area contributed by atoms with E-state index >= 15 is 0 Å². The van der Waals surface area contributed by atoms with E-state index in [4.69, 9.17) is 9.47 Å². The van der Waals surface area contributed by atoms with E-state index in [9.17, 15) is 10.1 Å². The van der Waals surface area contributed by atoms with E-state index in [0.717, 1.165) is 20.8 Å². The summed E-state index contributed by atoms with van der Waals surface area (Å²) in [5.74, 6) is 0.201. The third-order valence-corrected chi connectivity index (χ3v) is 5.23. The van der Waals surface area contributed by atoms with Crippen molar-refractivity contribution in [2.24, 2.45) is 0 Å². The predicted molar refractivity (Wildman–Crippen MR) is 126 cm³/mol. The van der Waals surface area contributed by atoms with Crippen molar-refractivity contribution in [3.63, 3.8) is 0 Å². The number of benzene rings is 3. The maximum Gasteiger partial charge on any atom is 0.261 e. The molecule has 0 aliphatic carbocycles. The molecular weight excluding hydrogens is 456 g/mol. The Balaban J connectivity index is 1.91. The highest BCUT2D eigenvalue weighted by atomic mass is 79.9. The van der Waals surface area contributed by atoms with Crippen LogP contribution in [0.1, 0.15) is 17.5 Å². The first-order valence-electron chi connectivity index (χ1n) is 9.90. The van der Waals surface area contributed by atoms with Gasteiger partial charge in [-0.2, -0.15) is 5.26 Å². The highest BCUT2D eigenvalue weighted by Crippen LogP contribution is 2.31. The SMILES string of the molecule is COCCCNC(=O)/C(C#N)=C/c1c(OCc2ccc(Br)cc2)ccc2ccccc12. The second-order valence-corrected chi connectivity index (χ2v) is 7.80. The average Bonchev–Trinajstić information content (AvgIpc) is 2.80. The lowest BCUT2D eigenvalue weighted by Crippen LogP contribution is -2.26. The average molecular weight is 479 g/mol. The van der Waals surface area contributed by atoms with Gasteiger partial charge in [0, 0.05) is 30.3 Å². The Bertz CT molecular complexity index is 1120. The fourth-order valence-corrected chi connectivity index (χ4v) is 3.36. The number of methoxy groups -OCH3 is 1. The number of hydrogen-bond donors (Lipinski definition) is 1. The molecule has 3 rings (SSSR count). The summed E-state index contributed by atoms with van der Waals surface area (Å²) >= 11 is 3.43. The van der Waals surface area contributed by atoms with Crippen LogP contribution in [0.15, 0.2) is 70.7 Å². The lowest BCUT2D eigenvalue weighted by atomic mass is 10.0. The minimum absolute atomic E-state index is 0.0299. The van der Waals surface area contributed by atoms with Gasteiger partial charge >= 0.3 is 0 Å². The fraction of sp³-hybridized carbons (Fsp3) is 0.200. The lowest BCUT2D eigenvalue weighted by molar-refractivity contribution is -0.117. The summed E-state index contributed by atoms with van der Waals surface area (Å²) in [6, 6.07) is 21.6. The number of nitriles is 1. The number of fused-ring (bicyclic) bond motifs is 1. The smallest absolute Gasteiger partial charge is 0.261 e. The Kier molecular flexibility index (Phi) is 8.22. The molecule has 0 aliphatic heterocycles. The van der Waals surface area contributed by atoms with Gasteiger partial charge in [0.2, 0.25) is 0 Å². The van der Waals surface area contributed by atoms with Gasteiger partial charge < -0.3 is 14.8 Å². The van der Waals surface area contributed by atoms with Gasteiger partial charge in [0.1, 0.15) is 24.0 Å². The van der Waals surface area contributed by atoms with E-state index in [0.29, 0.717) is 37.5 Å². The van der Waals surface area contributed by atoms with Crippen LogP contribution in [-0.4, -0.2) is 26.2 Å². The van der Waals surface area contributed by atoms with E-state index < -0.39 is 5.91 Å². The molecule has 0 atom stereocenters. The third-order valence-electron chi connectivity index (χ3n) is 4.70. The standard InChI is InChI=1S/C25H23BrN2O3/c1-30-14-4-13-28-25(29)20(16-27)15-23-22-6-3-2-5-19(22)9-12-24(23)31-17-18-7-10-21(26)11-8-18/h2-3,5-12,15H,4,13-14,17H2,1H3,(H,28,29)/b20-15+. The van der Waals surface area contributed by atoms with Crippen molar-refractivity contribution in [3.05, 3.63) is 81.8 Å². The number of carbonyl (C=O) groups excluding carboxylic acids is 1. The van der Waals surface area contributed by atoms with Gasteiger partial charge in [-0.1, -0.05) is 58.4 Å². The number of halogens is 1. The monoisotopic (exact) mass is 478 g/mol. The van der Waals surface area contributed by atoms with Gasteiger partial charge in [-0.15, -0.1) is 0 Å². The molecule has 3 aromatic rings. The maximum absolute atomic E-state index is 12.5. The van der Waals surface area contributed by atoms with Gasteiger partial charge in [-0.25, -0.2) is 0 Å². The van der Waals surface area contributed by atoms with Crippen molar-refractivity contribution in [2.75, 3.05) is 20.3 Å². The molecule has 0 bridgehead atoms. The summed E-state index contributed by atoms with van der Waals surface area (Å²) in [5.41, 5.74) is 1.75. The quantitative estimate of drug-likeness (QED) is 0.259.